The van der Waals surface area contributed by atoms with Crippen molar-refractivity contribution in [3.05, 3.63) is 58.1 Å². The fraction of sp³-hybridized carbons (Fsp3) is 0.278. The van der Waals surface area contributed by atoms with Crippen LogP contribution in [0.15, 0.2) is 42.5 Å². The summed E-state index contributed by atoms with van der Waals surface area (Å²) in [4.78, 5) is 12.1. The Morgan fingerprint density at radius 2 is 1.67 bits per heavy atom. The second-order valence-corrected chi connectivity index (χ2v) is 6.13. The number of amides is 1. The summed E-state index contributed by atoms with van der Waals surface area (Å²) >= 11 is 11.9. The number of carbonyl (C=O) groups excluding carboxylic acids is 1. The molecule has 128 valence electrons. The molecule has 2 aromatic carbocycles. The van der Waals surface area contributed by atoms with Crippen molar-refractivity contribution < 1.29 is 14.3 Å². The van der Waals surface area contributed by atoms with Gasteiger partial charge in [0.1, 0.15) is 11.5 Å². The Morgan fingerprint density at radius 3 is 2.25 bits per heavy atom. The van der Waals surface area contributed by atoms with E-state index in [1.54, 1.807) is 44.4 Å². The highest BCUT2D eigenvalue weighted by Gasteiger charge is 2.14. The van der Waals surface area contributed by atoms with Crippen LogP contribution < -0.4 is 14.8 Å². The molecule has 0 heterocycles. The van der Waals surface area contributed by atoms with Gasteiger partial charge in [-0.3, -0.25) is 4.79 Å². The first-order chi connectivity index (χ1) is 11.5. The molecule has 1 N–H and O–H groups in total. The lowest BCUT2D eigenvalue weighted by Gasteiger charge is -2.15. The van der Waals surface area contributed by atoms with Crippen molar-refractivity contribution in [1.29, 1.82) is 0 Å². The van der Waals surface area contributed by atoms with Gasteiger partial charge in [-0.15, -0.1) is 0 Å². The quantitative estimate of drug-likeness (QED) is 0.800. The van der Waals surface area contributed by atoms with E-state index in [0.717, 1.165) is 11.3 Å². The van der Waals surface area contributed by atoms with Gasteiger partial charge in [0, 0.05) is 16.6 Å². The van der Waals surface area contributed by atoms with Crippen LogP contribution in [0.1, 0.15) is 12.5 Å². The molecule has 0 aliphatic carbocycles. The maximum Gasteiger partial charge on any atom is 0.260 e. The lowest BCUT2D eigenvalue weighted by molar-refractivity contribution is -0.127. The van der Waals surface area contributed by atoms with E-state index >= 15 is 0 Å². The van der Waals surface area contributed by atoms with Crippen molar-refractivity contribution in [3.8, 4) is 11.5 Å². The van der Waals surface area contributed by atoms with Crippen LogP contribution in [-0.2, 0) is 11.2 Å². The minimum Gasteiger partial charge on any atom is -0.497 e. The topological polar surface area (TPSA) is 47.6 Å². The van der Waals surface area contributed by atoms with E-state index in [-0.39, 0.29) is 5.91 Å². The second-order valence-electron chi connectivity index (χ2n) is 5.25. The molecule has 0 aromatic heterocycles. The van der Waals surface area contributed by atoms with Gasteiger partial charge in [-0.25, -0.2) is 0 Å². The molecule has 1 amide bonds. The van der Waals surface area contributed by atoms with Gasteiger partial charge >= 0.3 is 0 Å². The Hall–Kier alpha value is -1.91. The minimum absolute atomic E-state index is 0.182. The zero-order chi connectivity index (χ0) is 17.5. The molecular weight excluding hydrogens is 349 g/mol. The van der Waals surface area contributed by atoms with Gasteiger partial charge in [-0.1, -0.05) is 23.2 Å². The molecule has 6 heteroatoms. The van der Waals surface area contributed by atoms with E-state index in [9.17, 15) is 4.79 Å². The van der Waals surface area contributed by atoms with Gasteiger partial charge in [0.05, 0.1) is 7.11 Å². The molecule has 24 heavy (non-hydrogen) atoms. The molecule has 0 aliphatic rings. The van der Waals surface area contributed by atoms with Gasteiger partial charge in [0.25, 0.3) is 5.91 Å². The first kappa shape index (κ1) is 18.4. The third-order valence-corrected chi connectivity index (χ3v) is 3.81. The molecule has 1 atom stereocenters. The van der Waals surface area contributed by atoms with Crippen LogP contribution in [0.3, 0.4) is 0 Å². The summed E-state index contributed by atoms with van der Waals surface area (Å²) in [7, 11) is 1.60. The summed E-state index contributed by atoms with van der Waals surface area (Å²) in [6.45, 7) is 2.18. The monoisotopic (exact) mass is 367 g/mol. The van der Waals surface area contributed by atoms with Gasteiger partial charge in [0.2, 0.25) is 0 Å². The average Bonchev–Trinajstić information content (AvgIpc) is 2.54. The number of ether oxygens (including phenoxy) is 2. The maximum atomic E-state index is 12.1. The number of carbonyl (C=O) groups is 1. The molecule has 0 fully saturated rings. The highest BCUT2D eigenvalue weighted by molar-refractivity contribution is 6.34. The minimum atomic E-state index is -0.596. The fourth-order valence-electron chi connectivity index (χ4n) is 2.14. The van der Waals surface area contributed by atoms with Gasteiger partial charge in [0.15, 0.2) is 6.10 Å². The SMILES string of the molecule is COc1ccc(OC(C)C(=O)NCCc2cc(Cl)cc(Cl)c2)cc1. The molecule has 0 saturated carbocycles. The molecule has 0 aliphatic heterocycles. The maximum absolute atomic E-state index is 12.1. The number of rotatable bonds is 7. The molecule has 0 bridgehead atoms. The van der Waals surface area contributed by atoms with Crippen molar-refractivity contribution >= 4 is 29.1 Å². The first-order valence-electron chi connectivity index (χ1n) is 7.51. The molecule has 1 unspecified atom stereocenters. The number of hydrogen-bond donors (Lipinski definition) is 1. The van der Waals surface area contributed by atoms with Crippen LogP contribution in [0, 0.1) is 0 Å². The third kappa shape index (κ3) is 5.62. The predicted octanol–water partition coefficient (Wildman–Crippen LogP) is 4.13. The number of halogens is 2. The van der Waals surface area contributed by atoms with Crippen molar-refractivity contribution in [3.63, 3.8) is 0 Å². The molecule has 0 radical (unpaired) electrons. The van der Waals surface area contributed by atoms with Gasteiger partial charge in [-0.2, -0.15) is 0 Å². The zero-order valence-electron chi connectivity index (χ0n) is 13.5. The highest BCUT2D eigenvalue weighted by atomic mass is 35.5. The summed E-state index contributed by atoms with van der Waals surface area (Å²) < 4.78 is 10.7. The summed E-state index contributed by atoms with van der Waals surface area (Å²) in [5, 5.41) is 4.00. The number of hydrogen-bond acceptors (Lipinski definition) is 3. The van der Waals surface area contributed by atoms with Crippen molar-refractivity contribution in [2.24, 2.45) is 0 Å². The van der Waals surface area contributed by atoms with E-state index in [1.807, 2.05) is 12.1 Å². The smallest absolute Gasteiger partial charge is 0.260 e. The number of nitrogens with one attached hydrogen (secondary N) is 1. The van der Waals surface area contributed by atoms with Crippen LogP contribution in [0.4, 0.5) is 0 Å². The van der Waals surface area contributed by atoms with Crippen LogP contribution in [0.5, 0.6) is 11.5 Å². The van der Waals surface area contributed by atoms with Crippen molar-refractivity contribution in [2.75, 3.05) is 13.7 Å². The van der Waals surface area contributed by atoms with E-state index in [2.05, 4.69) is 5.32 Å². The Kier molecular flexibility index (Phi) is 6.76. The van der Waals surface area contributed by atoms with Gasteiger partial charge in [-0.05, 0) is 61.4 Å². The fourth-order valence-corrected chi connectivity index (χ4v) is 2.71. The van der Waals surface area contributed by atoms with E-state index in [1.165, 1.54) is 0 Å². The first-order valence-corrected chi connectivity index (χ1v) is 8.27. The molecular formula is C18H19Cl2NO3. The Morgan fingerprint density at radius 1 is 1.08 bits per heavy atom. The standard InChI is InChI=1S/C18H19Cl2NO3/c1-12(24-17-5-3-16(23-2)4-6-17)18(22)21-8-7-13-9-14(19)11-15(20)10-13/h3-6,9-12H,7-8H2,1-2H3,(H,21,22). The Labute approximate surface area is 151 Å². The van der Waals surface area contributed by atoms with Gasteiger partial charge < -0.3 is 14.8 Å². The van der Waals surface area contributed by atoms with Crippen molar-refractivity contribution in [1.82, 2.24) is 5.32 Å². The molecule has 0 saturated heterocycles. The Bertz CT molecular complexity index is 669. The largest absolute Gasteiger partial charge is 0.497 e. The zero-order valence-corrected chi connectivity index (χ0v) is 15.0. The summed E-state index contributed by atoms with van der Waals surface area (Å²) in [5.74, 6) is 1.17. The normalized spacial score (nSPS) is 11.7. The average molecular weight is 368 g/mol. The highest BCUT2D eigenvalue weighted by Crippen LogP contribution is 2.19. The summed E-state index contributed by atoms with van der Waals surface area (Å²) in [5.41, 5.74) is 0.969. The van der Waals surface area contributed by atoms with Crippen molar-refractivity contribution in [2.45, 2.75) is 19.4 Å². The molecule has 0 spiro atoms. The number of benzene rings is 2. The lowest BCUT2D eigenvalue weighted by Crippen LogP contribution is -2.37. The van der Waals surface area contributed by atoms with E-state index < -0.39 is 6.10 Å². The third-order valence-electron chi connectivity index (χ3n) is 3.38. The molecule has 4 nitrogen and oxygen atoms in total. The summed E-state index contributed by atoms with van der Waals surface area (Å²) in [6, 6.07) is 12.4. The van der Waals surface area contributed by atoms with Crippen LogP contribution in [-0.4, -0.2) is 25.7 Å². The van der Waals surface area contributed by atoms with Crippen LogP contribution >= 0.6 is 23.2 Å². The lowest BCUT2D eigenvalue weighted by atomic mass is 10.1. The van der Waals surface area contributed by atoms with Crippen LogP contribution in [0.25, 0.3) is 0 Å². The summed E-state index contributed by atoms with van der Waals surface area (Å²) in [6.07, 6.45) is 0.0442. The molecule has 2 rings (SSSR count). The van der Waals surface area contributed by atoms with E-state index in [0.29, 0.717) is 28.8 Å². The van der Waals surface area contributed by atoms with Crippen LogP contribution in [0.2, 0.25) is 10.0 Å². The second kappa shape index (κ2) is 8.81. The van der Waals surface area contributed by atoms with E-state index in [4.69, 9.17) is 32.7 Å². The predicted molar refractivity (Wildman–Crippen MR) is 96.3 cm³/mol. The Balaban J connectivity index is 1.80. The molecule has 2 aromatic rings. The number of methoxy groups -OCH3 is 1.